The second-order valence-electron chi connectivity index (χ2n) is 4.90. The van der Waals surface area contributed by atoms with Gasteiger partial charge in [-0.3, -0.25) is 0 Å². The number of aliphatic imine (C=N–C) groups is 1. The SMILES string of the molecule is CC(C)CC(C)N(C)C(N)=Nc1ccccc1. The van der Waals surface area contributed by atoms with E-state index < -0.39 is 0 Å². The largest absolute Gasteiger partial charge is 0.369 e. The van der Waals surface area contributed by atoms with Crippen LogP contribution in [0, 0.1) is 5.92 Å². The zero-order valence-electron chi connectivity index (χ0n) is 11.2. The molecule has 0 heterocycles. The molecule has 0 spiro atoms. The van der Waals surface area contributed by atoms with Gasteiger partial charge in [0.15, 0.2) is 5.96 Å². The maximum atomic E-state index is 6.00. The summed E-state index contributed by atoms with van der Waals surface area (Å²) >= 11 is 0. The van der Waals surface area contributed by atoms with Crippen molar-refractivity contribution in [1.82, 2.24) is 4.90 Å². The first-order chi connectivity index (χ1) is 8.00. The van der Waals surface area contributed by atoms with Gasteiger partial charge in [-0.2, -0.15) is 0 Å². The number of nitrogens with two attached hydrogens (primary N) is 1. The fourth-order valence-electron chi connectivity index (χ4n) is 1.78. The molecule has 0 radical (unpaired) electrons. The summed E-state index contributed by atoms with van der Waals surface area (Å²) < 4.78 is 0. The number of hydrogen-bond donors (Lipinski definition) is 1. The normalized spacial score (nSPS) is 13.8. The molecule has 0 aliphatic carbocycles. The predicted molar refractivity (Wildman–Crippen MR) is 74.4 cm³/mol. The molecule has 2 N–H and O–H groups in total. The standard InChI is InChI=1S/C14H23N3/c1-11(2)10-12(3)17(4)14(15)16-13-8-6-5-7-9-13/h5-9,11-12H,10H2,1-4H3,(H2,15,16). The third-order valence-corrected chi connectivity index (χ3v) is 2.83. The van der Waals surface area contributed by atoms with Crippen molar-refractivity contribution in [2.45, 2.75) is 33.2 Å². The summed E-state index contributed by atoms with van der Waals surface area (Å²) in [5.41, 5.74) is 6.90. The average Bonchev–Trinajstić information content (AvgIpc) is 2.28. The highest BCUT2D eigenvalue weighted by Crippen LogP contribution is 2.13. The summed E-state index contributed by atoms with van der Waals surface area (Å²) in [6.45, 7) is 6.61. The van der Waals surface area contributed by atoms with Gasteiger partial charge in [0.25, 0.3) is 0 Å². The summed E-state index contributed by atoms with van der Waals surface area (Å²) in [5.74, 6) is 1.24. The Hall–Kier alpha value is -1.51. The highest BCUT2D eigenvalue weighted by molar-refractivity contribution is 5.81. The maximum Gasteiger partial charge on any atom is 0.196 e. The van der Waals surface area contributed by atoms with E-state index in [1.807, 2.05) is 42.3 Å². The van der Waals surface area contributed by atoms with Gasteiger partial charge in [-0.15, -0.1) is 0 Å². The number of para-hydroxylation sites is 1. The van der Waals surface area contributed by atoms with Crippen LogP contribution < -0.4 is 5.73 Å². The smallest absolute Gasteiger partial charge is 0.196 e. The molecule has 94 valence electrons. The van der Waals surface area contributed by atoms with E-state index in [0.29, 0.717) is 17.9 Å². The van der Waals surface area contributed by atoms with Gasteiger partial charge in [0.05, 0.1) is 5.69 Å². The second-order valence-corrected chi connectivity index (χ2v) is 4.90. The summed E-state index contributed by atoms with van der Waals surface area (Å²) in [7, 11) is 1.99. The van der Waals surface area contributed by atoms with Crippen molar-refractivity contribution in [3.8, 4) is 0 Å². The van der Waals surface area contributed by atoms with Crippen LogP contribution in [-0.2, 0) is 0 Å². The molecule has 3 nitrogen and oxygen atoms in total. The Bertz CT molecular complexity index is 357. The van der Waals surface area contributed by atoms with Crippen molar-refractivity contribution in [2.24, 2.45) is 16.6 Å². The van der Waals surface area contributed by atoms with Crippen LogP contribution in [-0.4, -0.2) is 23.9 Å². The first-order valence-electron chi connectivity index (χ1n) is 6.12. The summed E-state index contributed by atoms with van der Waals surface area (Å²) in [4.78, 5) is 6.44. The van der Waals surface area contributed by atoms with Gasteiger partial charge < -0.3 is 10.6 Å². The van der Waals surface area contributed by atoms with E-state index in [-0.39, 0.29) is 0 Å². The van der Waals surface area contributed by atoms with E-state index in [9.17, 15) is 0 Å². The second kappa shape index (κ2) is 6.28. The summed E-state index contributed by atoms with van der Waals surface area (Å²) in [6, 6.07) is 10.2. The van der Waals surface area contributed by atoms with Crippen LogP contribution in [0.4, 0.5) is 5.69 Å². The van der Waals surface area contributed by atoms with Crippen molar-refractivity contribution in [1.29, 1.82) is 0 Å². The van der Waals surface area contributed by atoms with Crippen molar-refractivity contribution in [3.05, 3.63) is 30.3 Å². The van der Waals surface area contributed by atoms with E-state index >= 15 is 0 Å². The topological polar surface area (TPSA) is 41.6 Å². The average molecular weight is 233 g/mol. The first-order valence-corrected chi connectivity index (χ1v) is 6.12. The van der Waals surface area contributed by atoms with Crippen molar-refractivity contribution >= 4 is 11.6 Å². The van der Waals surface area contributed by atoms with E-state index in [4.69, 9.17) is 5.73 Å². The van der Waals surface area contributed by atoms with Crippen molar-refractivity contribution in [3.63, 3.8) is 0 Å². The van der Waals surface area contributed by atoms with Crippen LogP contribution in [0.25, 0.3) is 0 Å². The number of guanidine groups is 1. The molecular formula is C14H23N3. The number of benzene rings is 1. The van der Waals surface area contributed by atoms with Crippen LogP contribution in [0.3, 0.4) is 0 Å². The van der Waals surface area contributed by atoms with E-state index in [1.54, 1.807) is 0 Å². The summed E-state index contributed by atoms with van der Waals surface area (Å²) in [6.07, 6.45) is 1.11. The van der Waals surface area contributed by atoms with Gasteiger partial charge >= 0.3 is 0 Å². The lowest BCUT2D eigenvalue weighted by Crippen LogP contribution is -2.40. The number of hydrogen-bond acceptors (Lipinski definition) is 1. The van der Waals surface area contributed by atoms with E-state index in [2.05, 4.69) is 25.8 Å². The highest BCUT2D eigenvalue weighted by atomic mass is 15.2. The minimum absolute atomic E-state index is 0.405. The van der Waals surface area contributed by atoms with Crippen molar-refractivity contribution < 1.29 is 0 Å². The molecule has 0 amide bonds. The summed E-state index contributed by atoms with van der Waals surface area (Å²) in [5, 5.41) is 0. The molecule has 3 heteroatoms. The molecule has 0 fully saturated rings. The lowest BCUT2D eigenvalue weighted by molar-refractivity contribution is 0.330. The Kier molecular flexibility index (Phi) is 5.01. The van der Waals surface area contributed by atoms with Gasteiger partial charge in [-0.25, -0.2) is 4.99 Å². The molecule has 1 rings (SSSR count). The van der Waals surface area contributed by atoms with Gasteiger partial charge in [0.2, 0.25) is 0 Å². The molecule has 1 atom stereocenters. The maximum absolute atomic E-state index is 6.00. The molecule has 1 aromatic carbocycles. The van der Waals surface area contributed by atoms with Crippen LogP contribution in [0.5, 0.6) is 0 Å². The molecule has 0 saturated heterocycles. The predicted octanol–water partition coefficient (Wildman–Crippen LogP) is 3.00. The molecule has 17 heavy (non-hydrogen) atoms. The monoisotopic (exact) mass is 233 g/mol. The van der Waals surface area contributed by atoms with Gasteiger partial charge in [-0.05, 0) is 31.4 Å². The molecular weight excluding hydrogens is 210 g/mol. The third-order valence-electron chi connectivity index (χ3n) is 2.83. The zero-order valence-corrected chi connectivity index (χ0v) is 11.2. The Morgan fingerprint density at radius 3 is 2.35 bits per heavy atom. The van der Waals surface area contributed by atoms with Crippen LogP contribution in [0.1, 0.15) is 27.2 Å². The van der Waals surface area contributed by atoms with Gasteiger partial charge in [0.1, 0.15) is 0 Å². The number of nitrogens with zero attached hydrogens (tertiary/aromatic N) is 2. The molecule has 0 saturated carbocycles. The Labute approximate surface area is 104 Å². The quantitative estimate of drug-likeness (QED) is 0.641. The fraction of sp³-hybridized carbons (Fsp3) is 0.500. The Morgan fingerprint density at radius 1 is 1.24 bits per heavy atom. The minimum Gasteiger partial charge on any atom is -0.369 e. The first kappa shape index (κ1) is 13.6. The van der Waals surface area contributed by atoms with Crippen molar-refractivity contribution in [2.75, 3.05) is 7.05 Å². The third kappa shape index (κ3) is 4.47. The molecule has 1 unspecified atom stereocenters. The lowest BCUT2D eigenvalue weighted by Gasteiger charge is -2.27. The van der Waals surface area contributed by atoms with Crippen LogP contribution >= 0.6 is 0 Å². The Balaban J connectivity index is 2.69. The molecule has 0 aliphatic rings. The Morgan fingerprint density at radius 2 is 1.82 bits per heavy atom. The van der Waals surface area contributed by atoms with E-state index in [0.717, 1.165) is 12.1 Å². The molecule has 1 aromatic rings. The fourth-order valence-corrected chi connectivity index (χ4v) is 1.78. The molecule has 0 aromatic heterocycles. The number of rotatable bonds is 4. The van der Waals surface area contributed by atoms with Crippen LogP contribution in [0.15, 0.2) is 35.3 Å². The lowest BCUT2D eigenvalue weighted by atomic mass is 10.0. The minimum atomic E-state index is 0.405. The molecule has 0 aliphatic heterocycles. The van der Waals surface area contributed by atoms with E-state index in [1.165, 1.54) is 0 Å². The highest BCUT2D eigenvalue weighted by Gasteiger charge is 2.12. The van der Waals surface area contributed by atoms with Gasteiger partial charge in [0, 0.05) is 13.1 Å². The van der Waals surface area contributed by atoms with Crippen LogP contribution in [0.2, 0.25) is 0 Å². The molecule has 0 bridgehead atoms. The van der Waals surface area contributed by atoms with Gasteiger partial charge in [-0.1, -0.05) is 32.0 Å². The zero-order chi connectivity index (χ0) is 12.8.